The zero-order chi connectivity index (χ0) is 16.2. The van der Waals surface area contributed by atoms with E-state index in [1.807, 2.05) is 25.1 Å². The highest BCUT2D eigenvalue weighted by atomic mass is 35.5. The molecule has 1 N–H and O–H groups in total. The van der Waals surface area contributed by atoms with Crippen LogP contribution in [0.2, 0.25) is 5.02 Å². The second kappa shape index (κ2) is 7.30. The molecule has 2 unspecified atom stereocenters. The Morgan fingerprint density at radius 3 is 2.87 bits per heavy atom. The largest absolute Gasteiger partial charge is 0.481 e. The van der Waals surface area contributed by atoms with Gasteiger partial charge in [0.05, 0.1) is 11.6 Å². The quantitative estimate of drug-likeness (QED) is 0.919. The number of hydrogen-bond donors (Lipinski definition) is 1. The van der Waals surface area contributed by atoms with Gasteiger partial charge in [-0.25, -0.2) is 4.39 Å². The number of rotatable bonds is 4. The van der Waals surface area contributed by atoms with E-state index < -0.39 is 0 Å². The molecule has 122 valence electrons. The summed E-state index contributed by atoms with van der Waals surface area (Å²) in [5.41, 5.74) is 2.16. The summed E-state index contributed by atoms with van der Waals surface area (Å²) in [5.74, 6) is 0.0683. The Balaban J connectivity index is 1.91. The van der Waals surface area contributed by atoms with Gasteiger partial charge in [-0.3, -0.25) is 0 Å². The number of nitrogens with one attached hydrogen (secondary N) is 1. The van der Waals surface area contributed by atoms with Crippen LogP contribution in [0.15, 0.2) is 42.5 Å². The Morgan fingerprint density at radius 2 is 2.17 bits per heavy atom. The Hall–Kier alpha value is -1.62. The highest BCUT2D eigenvalue weighted by Crippen LogP contribution is 2.32. The number of ether oxygens (including phenoxy) is 2. The molecular formula is C18H19ClFNO2. The molecule has 0 spiro atoms. The molecule has 23 heavy (non-hydrogen) atoms. The maximum absolute atomic E-state index is 13.2. The number of aryl methyl sites for hydroxylation is 1. The van der Waals surface area contributed by atoms with E-state index in [2.05, 4.69) is 11.4 Å². The lowest BCUT2D eigenvalue weighted by Gasteiger charge is -2.32. The molecule has 1 fully saturated rings. The predicted octanol–water partition coefficient (Wildman–Crippen LogP) is 3.90. The Morgan fingerprint density at radius 1 is 1.30 bits per heavy atom. The summed E-state index contributed by atoms with van der Waals surface area (Å²) in [6.45, 7) is 4.19. The van der Waals surface area contributed by atoms with Crippen molar-refractivity contribution in [3.63, 3.8) is 0 Å². The highest BCUT2D eigenvalue weighted by Gasteiger charge is 2.28. The molecule has 0 amide bonds. The predicted molar refractivity (Wildman–Crippen MR) is 88.6 cm³/mol. The monoisotopic (exact) mass is 335 g/mol. The van der Waals surface area contributed by atoms with Gasteiger partial charge in [0.1, 0.15) is 17.7 Å². The van der Waals surface area contributed by atoms with Crippen molar-refractivity contribution in [3.05, 3.63) is 64.4 Å². The molecule has 1 aliphatic rings. The number of halogens is 2. The number of benzene rings is 2. The fourth-order valence-corrected chi connectivity index (χ4v) is 2.91. The first-order chi connectivity index (χ1) is 11.1. The van der Waals surface area contributed by atoms with Crippen molar-refractivity contribution < 1.29 is 13.9 Å². The lowest BCUT2D eigenvalue weighted by molar-refractivity contribution is -0.0432. The summed E-state index contributed by atoms with van der Waals surface area (Å²) in [7, 11) is 0. The van der Waals surface area contributed by atoms with Crippen LogP contribution in [-0.2, 0) is 4.74 Å². The van der Waals surface area contributed by atoms with E-state index in [9.17, 15) is 4.39 Å². The third-order valence-electron chi connectivity index (χ3n) is 3.81. The molecule has 0 aromatic heterocycles. The van der Waals surface area contributed by atoms with Crippen LogP contribution in [0.4, 0.5) is 4.39 Å². The minimum Gasteiger partial charge on any atom is -0.481 e. The lowest BCUT2D eigenvalue weighted by Crippen LogP contribution is -2.43. The molecule has 2 aromatic rings. The Bertz CT molecular complexity index is 674. The van der Waals surface area contributed by atoms with Gasteiger partial charge in [-0.1, -0.05) is 41.4 Å². The molecule has 0 radical (unpaired) electrons. The summed E-state index contributed by atoms with van der Waals surface area (Å²) < 4.78 is 25.2. The Labute approximate surface area is 140 Å². The van der Waals surface area contributed by atoms with Gasteiger partial charge < -0.3 is 14.8 Å². The van der Waals surface area contributed by atoms with Gasteiger partial charge in [-0.05, 0) is 30.7 Å². The van der Waals surface area contributed by atoms with E-state index in [-0.39, 0.29) is 23.0 Å². The van der Waals surface area contributed by atoms with E-state index in [0.29, 0.717) is 18.9 Å². The third-order valence-corrected chi connectivity index (χ3v) is 4.11. The van der Waals surface area contributed by atoms with Crippen LogP contribution < -0.4 is 10.1 Å². The third kappa shape index (κ3) is 4.02. The molecule has 3 rings (SSSR count). The second-order valence-electron chi connectivity index (χ2n) is 5.64. The zero-order valence-electron chi connectivity index (χ0n) is 12.9. The standard InChI is InChI=1S/C18H19ClFNO2/c1-12-3-2-4-13(9-12)18(17-11-21-7-8-22-17)23-16-6-5-14(20)10-15(16)19/h2-6,9-10,17-18,21H,7-8,11H2,1H3. The maximum atomic E-state index is 13.2. The van der Waals surface area contributed by atoms with Gasteiger partial charge in [-0.15, -0.1) is 0 Å². The topological polar surface area (TPSA) is 30.5 Å². The van der Waals surface area contributed by atoms with Crippen LogP contribution in [0.1, 0.15) is 17.2 Å². The average molecular weight is 336 g/mol. The fourth-order valence-electron chi connectivity index (χ4n) is 2.69. The molecule has 1 aliphatic heterocycles. The summed E-state index contributed by atoms with van der Waals surface area (Å²) in [4.78, 5) is 0. The molecule has 0 aliphatic carbocycles. The van der Waals surface area contributed by atoms with Crippen LogP contribution in [0.3, 0.4) is 0 Å². The van der Waals surface area contributed by atoms with Crippen LogP contribution in [0.25, 0.3) is 0 Å². The molecule has 5 heteroatoms. The number of hydrogen-bond acceptors (Lipinski definition) is 3. The molecule has 1 heterocycles. The Kier molecular flexibility index (Phi) is 5.16. The van der Waals surface area contributed by atoms with Crippen molar-refractivity contribution in [2.75, 3.05) is 19.7 Å². The van der Waals surface area contributed by atoms with Gasteiger partial charge in [-0.2, -0.15) is 0 Å². The van der Waals surface area contributed by atoms with Crippen molar-refractivity contribution >= 4 is 11.6 Å². The van der Waals surface area contributed by atoms with Crippen LogP contribution in [-0.4, -0.2) is 25.8 Å². The van der Waals surface area contributed by atoms with Gasteiger partial charge in [0, 0.05) is 13.1 Å². The first-order valence-electron chi connectivity index (χ1n) is 7.64. The minimum atomic E-state index is -0.384. The van der Waals surface area contributed by atoms with Gasteiger partial charge in [0.25, 0.3) is 0 Å². The number of morpholine rings is 1. The van der Waals surface area contributed by atoms with Crippen molar-refractivity contribution in [2.24, 2.45) is 0 Å². The van der Waals surface area contributed by atoms with Crippen LogP contribution in [0, 0.1) is 12.7 Å². The van der Waals surface area contributed by atoms with Crippen molar-refractivity contribution in [1.29, 1.82) is 0 Å². The second-order valence-corrected chi connectivity index (χ2v) is 6.05. The molecule has 2 aromatic carbocycles. The molecule has 3 nitrogen and oxygen atoms in total. The lowest BCUT2D eigenvalue weighted by atomic mass is 10.0. The summed E-state index contributed by atoms with van der Waals surface area (Å²) in [6, 6.07) is 12.2. The van der Waals surface area contributed by atoms with Crippen molar-refractivity contribution in [2.45, 2.75) is 19.1 Å². The van der Waals surface area contributed by atoms with E-state index in [1.54, 1.807) is 6.07 Å². The van der Waals surface area contributed by atoms with E-state index in [1.165, 1.54) is 12.1 Å². The zero-order valence-corrected chi connectivity index (χ0v) is 13.6. The molecule has 2 atom stereocenters. The average Bonchev–Trinajstić information content (AvgIpc) is 2.55. The van der Waals surface area contributed by atoms with Gasteiger partial charge in [0.2, 0.25) is 0 Å². The van der Waals surface area contributed by atoms with Crippen molar-refractivity contribution in [3.8, 4) is 5.75 Å². The molecule has 1 saturated heterocycles. The van der Waals surface area contributed by atoms with Gasteiger partial charge >= 0.3 is 0 Å². The van der Waals surface area contributed by atoms with E-state index in [0.717, 1.165) is 17.7 Å². The SMILES string of the molecule is Cc1cccc(C(Oc2ccc(F)cc2Cl)C2CNCCO2)c1. The molecule has 0 saturated carbocycles. The smallest absolute Gasteiger partial charge is 0.151 e. The normalized spacial score (nSPS) is 19.3. The van der Waals surface area contributed by atoms with Crippen LogP contribution >= 0.6 is 11.6 Å². The highest BCUT2D eigenvalue weighted by molar-refractivity contribution is 6.32. The van der Waals surface area contributed by atoms with Crippen LogP contribution in [0.5, 0.6) is 5.75 Å². The first kappa shape index (κ1) is 16.2. The maximum Gasteiger partial charge on any atom is 0.151 e. The van der Waals surface area contributed by atoms with E-state index >= 15 is 0 Å². The fraction of sp³-hybridized carbons (Fsp3) is 0.333. The van der Waals surface area contributed by atoms with Crippen molar-refractivity contribution in [1.82, 2.24) is 5.32 Å². The van der Waals surface area contributed by atoms with E-state index in [4.69, 9.17) is 21.1 Å². The molecular weight excluding hydrogens is 317 g/mol. The minimum absolute atomic E-state index is 0.133. The summed E-state index contributed by atoms with van der Waals surface area (Å²) in [5, 5.41) is 3.57. The summed E-state index contributed by atoms with van der Waals surface area (Å²) >= 11 is 6.11. The molecule has 0 bridgehead atoms. The van der Waals surface area contributed by atoms with Gasteiger partial charge in [0.15, 0.2) is 6.10 Å². The summed E-state index contributed by atoms with van der Waals surface area (Å²) in [6.07, 6.45) is -0.447. The first-order valence-corrected chi connectivity index (χ1v) is 8.02.